The molecule has 2 rings (SSSR count). The third-order valence-electron chi connectivity index (χ3n) is 3.03. The minimum Gasteiger partial charge on any atom is -0.497 e. The number of benzene rings is 2. The van der Waals surface area contributed by atoms with Crippen molar-refractivity contribution in [2.75, 3.05) is 14.2 Å². The molecule has 0 bridgehead atoms. The van der Waals surface area contributed by atoms with Gasteiger partial charge in [0, 0.05) is 6.54 Å². The fourth-order valence-corrected chi connectivity index (χ4v) is 2.07. The van der Waals surface area contributed by atoms with E-state index in [0.29, 0.717) is 0 Å². The Morgan fingerprint density at radius 1 is 1.06 bits per heavy atom. The number of methoxy groups -OCH3 is 1. The van der Waals surface area contributed by atoms with Gasteiger partial charge >= 0.3 is 0 Å². The van der Waals surface area contributed by atoms with Crippen LogP contribution in [0.4, 0.5) is 0 Å². The molecule has 2 nitrogen and oxygen atoms in total. The molecule has 0 aliphatic carbocycles. The summed E-state index contributed by atoms with van der Waals surface area (Å²) in [6, 6.07) is 14.8. The molecule has 0 radical (unpaired) electrons. The molecule has 0 unspecified atom stereocenters. The monoisotopic (exact) mass is 241 g/mol. The van der Waals surface area contributed by atoms with Crippen LogP contribution in [0.5, 0.6) is 5.75 Å². The van der Waals surface area contributed by atoms with Crippen LogP contribution in [-0.2, 0) is 6.54 Å². The van der Waals surface area contributed by atoms with E-state index in [-0.39, 0.29) is 0 Å². The van der Waals surface area contributed by atoms with Crippen molar-refractivity contribution in [3.63, 3.8) is 0 Å². The largest absolute Gasteiger partial charge is 0.497 e. The lowest BCUT2D eigenvalue weighted by Gasteiger charge is -2.11. The second-order valence-electron chi connectivity index (χ2n) is 4.42. The third kappa shape index (κ3) is 2.71. The summed E-state index contributed by atoms with van der Waals surface area (Å²) >= 11 is 0. The van der Waals surface area contributed by atoms with Gasteiger partial charge in [0.1, 0.15) is 5.75 Å². The summed E-state index contributed by atoms with van der Waals surface area (Å²) in [6.45, 7) is 3.00. The first-order valence-electron chi connectivity index (χ1n) is 6.13. The maximum atomic E-state index is 5.19. The SMILES string of the molecule is CNCc1ccc(C)cc1-c1ccc(OC)cc1. The molecule has 1 N–H and O–H groups in total. The summed E-state index contributed by atoms with van der Waals surface area (Å²) in [6.07, 6.45) is 0. The van der Waals surface area contributed by atoms with Crippen LogP contribution in [-0.4, -0.2) is 14.2 Å². The average molecular weight is 241 g/mol. The summed E-state index contributed by atoms with van der Waals surface area (Å²) < 4.78 is 5.19. The van der Waals surface area contributed by atoms with Gasteiger partial charge in [-0.1, -0.05) is 35.9 Å². The molecule has 0 spiro atoms. The molecule has 2 aromatic carbocycles. The van der Waals surface area contributed by atoms with E-state index in [2.05, 4.69) is 42.6 Å². The van der Waals surface area contributed by atoms with E-state index in [0.717, 1.165) is 12.3 Å². The molecule has 0 aliphatic heterocycles. The number of nitrogens with one attached hydrogen (secondary N) is 1. The van der Waals surface area contributed by atoms with E-state index < -0.39 is 0 Å². The second-order valence-corrected chi connectivity index (χ2v) is 4.42. The van der Waals surface area contributed by atoms with Crippen molar-refractivity contribution < 1.29 is 4.74 Å². The summed E-state index contributed by atoms with van der Waals surface area (Å²) in [5.74, 6) is 0.890. The number of rotatable bonds is 4. The van der Waals surface area contributed by atoms with Crippen LogP contribution >= 0.6 is 0 Å². The van der Waals surface area contributed by atoms with Crippen LogP contribution in [0.2, 0.25) is 0 Å². The smallest absolute Gasteiger partial charge is 0.118 e. The minimum atomic E-state index is 0.877. The first-order chi connectivity index (χ1) is 8.74. The molecule has 94 valence electrons. The van der Waals surface area contributed by atoms with Gasteiger partial charge in [-0.15, -0.1) is 0 Å². The molecule has 0 fully saturated rings. The summed E-state index contributed by atoms with van der Waals surface area (Å²) in [4.78, 5) is 0. The van der Waals surface area contributed by atoms with Crippen LogP contribution in [0.15, 0.2) is 42.5 Å². The molecular weight excluding hydrogens is 222 g/mol. The average Bonchev–Trinajstić information content (AvgIpc) is 2.41. The van der Waals surface area contributed by atoms with Crippen LogP contribution in [0.3, 0.4) is 0 Å². The first-order valence-corrected chi connectivity index (χ1v) is 6.13. The third-order valence-corrected chi connectivity index (χ3v) is 3.03. The first kappa shape index (κ1) is 12.7. The Labute approximate surface area is 109 Å². The summed E-state index contributed by atoms with van der Waals surface area (Å²) in [5, 5.41) is 3.21. The molecule has 0 heterocycles. The summed E-state index contributed by atoms with van der Waals surface area (Å²) in [5.41, 5.74) is 5.10. The zero-order chi connectivity index (χ0) is 13.0. The highest BCUT2D eigenvalue weighted by molar-refractivity contribution is 5.68. The number of ether oxygens (including phenoxy) is 1. The van der Waals surface area contributed by atoms with E-state index in [1.807, 2.05) is 19.2 Å². The summed E-state index contributed by atoms with van der Waals surface area (Å²) in [7, 11) is 3.66. The normalized spacial score (nSPS) is 10.4. The highest BCUT2D eigenvalue weighted by atomic mass is 16.5. The van der Waals surface area contributed by atoms with Crippen LogP contribution in [0.25, 0.3) is 11.1 Å². The molecule has 2 heteroatoms. The molecule has 0 aromatic heterocycles. The zero-order valence-corrected chi connectivity index (χ0v) is 11.2. The van der Waals surface area contributed by atoms with Crippen molar-refractivity contribution in [2.24, 2.45) is 0 Å². The number of hydrogen-bond acceptors (Lipinski definition) is 2. The highest BCUT2D eigenvalue weighted by Crippen LogP contribution is 2.26. The van der Waals surface area contributed by atoms with E-state index in [1.165, 1.54) is 22.3 Å². The van der Waals surface area contributed by atoms with Crippen molar-refractivity contribution in [1.82, 2.24) is 5.32 Å². The lowest BCUT2D eigenvalue weighted by atomic mass is 9.97. The molecule has 0 atom stereocenters. The zero-order valence-electron chi connectivity index (χ0n) is 11.2. The van der Waals surface area contributed by atoms with Crippen LogP contribution in [0, 0.1) is 6.92 Å². The van der Waals surface area contributed by atoms with Crippen LogP contribution < -0.4 is 10.1 Å². The molecular formula is C16H19NO. The Hall–Kier alpha value is -1.80. The fraction of sp³-hybridized carbons (Fsp3) is 0.250. The lowest BCUT2D eigenvalue weighted by Crippen LogP contribution is -2.06. The van der Waals surface area contributed by atoms with Crippen molar-refractivity contribution >= 4 is 0 Å². The van der Waals surface area contributed by atoms with Gasteiger partial charge < -0.3 is 10.1 Å². The molecule has 0 amide bonds. The van der Waals surface area contributed by atoms with Crippen molar-refractivity contribution in [1.29, 1.82) is 0 Å². The topological polar surface area (TPSA) is 21.3 Å². The van der Waals surface area contributed by atoms with E-state index in [1.54, 1.807) is 7.11 Å². The second kappa shape index (κ2) is 5.69. The quantitative estimate of drug-likeness (QED) is 0.886. The van der Waals surface area contributed by atoms with Gasteiger partial charge in [-0.25, -0.2) is 0 Å². The Bertz CT molecular complexity index is 517. The number of hydrogen-bond donors (Lipinski definition) is 1. The Kier molecular flexibility index (Phi) is 4.00. The fourth-order valence-electron chi connectivity index (χ4n) is 2.07. The van der Waals surface area contributed by atoms with Crippen molar-refractivity contribution in [2.45, 2.75) is 13.5 Å². The van der Waals surface area contributed by atoms with E-state index >= 15 is 0 Å². The highest BCUT2D eigenvalue weighted by Gasteiger charge is 2.05. The lowest BCUT2D eigenvalue weighted by molar-refractivity contribution is 0.415. The van der Waals surface area contributed by atoms with Gasteiger partial charge in [-0.3, -0.25) is 0 Å². The van der Waals surface area contributed by atoms with Gasteiger partial charge in [0.05, 0.1) is 7.11 Å². The van der Waals surface area contributed by atoms with Gasteiger partial charge in [0.15, 0.2) is 0 Å². The van der Waals surface area contributed by atoms with E-state index in [4.69, 9.17) is 4.74 Å². The maximum Gasteiger partial charge on any atom is 0.118 e. The van der Waals surface area contributed by atoms with Gasteiger partial charge in [-0.2, -0.15) is 0 Å². The van der Waals surface area contributed by atoms with Gasteiger partial charge in [-0.05, 0) is 42.8 Å². The Morgan fingerprint density at radius 2 is 1.78 bits per heavy atom. The predicted molar refractivity (Wildman–Crippen MR) is 75.9 cm³/mol. The van der Waals surface area contributed by atoms with Crippen LogP contribution in [0.1, 0.15) is 11.1 Å². The minimum absolute atomic E-state index is 0.877. The van der Waals surface area contributed by atoms with Gasteiger partial charge in [0.2, 0.25) is 0 Å². The number of aryl methyl sites for hydroxylation is 1. The molecule has 0 saturated carbocycles. The van der Waals surface area contributed by atoms with Crippen molar-refractivity contribution in [3.8, 4) is 16.9 Å². The Balaban J connectivity index is 2.43. The molecule has 2 aromatic rings. The van der Waals surface area contributed by atoms with E-state index in [9.17, 15) is 0 Å². The maximum absolute atomic E-state index is 5.19. The Morgan fingerprint density at radius 3 is 2.39 bits per heavy atom. The molecule has 0 saturated heterocycles. The van der Waals surface area contributed by atoms with Gasteiger partial charge in [0.25, 0.3) is 0 Å². The predicted octanol–water partition coefficient (Wildman–Crippen LogP) is 3.39. The molecule has 18 heavy (non-hydrogen) atoms. The van der Waals surface area contributed by atoms with Crippen molar-refractivity contribution in [3.05, 3.63) is 53.6 Å². The standard InChI is InChI=1S/C16H19NO/c1-12-4-5-14(11-17-2)16(10-12)13-6-8-15(18-3)9-7-13/h4-10,17H,11H2,1-3H3. The molecule has 0 aliphatic rings.